The summed E-state index contributed by atoms with van der Waals surface area (Å²) in [7, 11) is 0. The molecule has 18 heteroatoms. The van der Waals surface area contributed by atoms with Gasteiger partial charge in [-0.1, -0.05) is 30.3 Å². The molecule has 252 valence electrons. The molecule has 3 aromatic rings. The maximum Gasteiger partial charge on any atom is 0.490 e. The number of aliphatic carboxylic acids is 2. The highest BCUT2D eigenvalue weighted by Crippen LogP contribution is 2.21. The number of nitrogens with one attached hydrogen (secondary N) is 2. The topological polar surface area (TPSA) is 184 Å². The van der Waals surface area contributed by atoms with Crippen LogP contribution in [-0.2, 0) is 27.2 Å². The third kappa shape index (κ3) is 14.1. The van der Waals surface area contributed by atoms with E-state index in [0.29, 0.717) is 16.9 Å². The SMILES string of the molecule is Nc1nc(CC(=O)Nc2ccc(C[C@@H]3CC[C@H]([C@H](O)COc4ccccc4)N3)cc2)cs1.O=C(O)C(F)(F)F.O=C(O)C(F)(F)F. The van der Waals surface area contributed by atoms with E-state index in [1.54, 1.807) is 5.38 Å². The van der Waals surface area contributed by atoms with Gasteiger partial charge in [0.1, 0.15) is 18.5 Å². The summed E-state index contributed by atoms with van der Waals surface area (Å²) in [4.78, 5) is 34.1. The molecule has 11 nitrogen and oxygen atoms in total. The van der Waals surface area contributed by atoms with E-state index in [-0.39, 0.29) is 25.0 Å². The Morgan fingerprint density at radius 2 is 1.54 bits per heavy atom. The predicted molar refractivity (Wildman–Crippen MR) is 154 cm³/mol. The van der Waals surface area contributed by atoms with Gasteiger partial charge in [-0.2, -0.15) is 26.3 Å². The number of carboxylic acids is 2. The van der Waals surface area contributed by atoms with Gasteiger partial charge in [-0.05, 0) is 49.1 Å². The van der Waals surface area contributed by atoms with Gasteiger partial charge in [0.15, 0.2) is 5.13 Å². The van der Waals surface area contributed by atoms with E-state index in [1.165, 1.54) is 16.9 Å². The van der Waals surface area contributed by atoms with Crippen LogP contribution in [0, 0.1) is 0 Å². The van der Waals surface area contributed by atoms with Gasteiger partial charge in [0.25, 0.3) is 0 Å². The molecule has 0 saturated carbocycles. The maximum absolute atomic E-state index is 12.2. The van der Waals surface area contributed by atoms with Gasteiger partial charge in [-0.15, -0.1) is 11.3 Å². The molecule has 0 spiro atoms. The first-order chi connectivity index (χ1) is 21.4. The quantitative estimate of drug-likeness (QED) is 0.178. The van der Waals surface area contributed by atoms with Gasteiger partial charge in [-0.25, -0.2) is 14.6 Å². The fourth-order valence-electron chi connectivity index (χ4n) is 3.91. The number of aromatic nitrogens is 1. The molecular formula is C28H30F6N4O7S. The highest BCUT2D eigenvalue weighted by molar-refractivity contribution is 7.13. The number of halogens is 6. The van der Waals surface area contributed by atoms with E-state index in [1.807, 2.05) is 54.6 Å². The average Bonchev–Trinajstić information content (AvgIpc) is 3.61. The first-order valence-corrected chi connectivity index (χ1v) is 14.1. The van der Waals surface area contributed by atoms with E-state index in [0.717, 1.165) is 30.7 Å². The number of carbonyl (C=O) groups excluding carboxylic acids is 1. The summed E-state index contributed by atoms with van der Waals surface area (Å²) in [6.45, 7) is 0.274. The standard InChI is InChI=1S/C24H28N4O3S.2C2HF3O2/c25-24-28-19(15-32-24)13-23(30)27-17-8-6-16(7-9-17)12-18-10-11-21(26-18)22(29)14-31-20-4-2-1-3-5-20;2*3-2(4,5)1(6)7/h1-9,15,18,21-22,26,29H,10-14H2,(H2,25,28)(H,27,30);2*(H,6,7)/t18-,21+,22+;;/m0../s1. The molecule has 0 bridgehead atoms. The van der Waals surface area contributed by atoms with Crippen molar-refractivity contribution in [3.05, 3.63) is 71.2 Å². The van der Waals surface area contributed by atoms with E-state index in [4.69, 9.17) is 30.3 Å². The summed E-state index contributed by atoms with van der Waals surface area (Å²) in [5.41, 5.74) is 8.23. The zero-order valence-electron chi connectivity index (χ0n) is 23.7. The minimum absolute atomic E-state index is 0.0297. The molecule has 0 aliphatic carbocycles. The fraction of sp³-hybridized carbons (Fsp3) is 0.357. The summed E-state index contributed by atoms with van der Waals surface area (Å²) in [5, 5.41) is 33.4. The number of anilines is 2. The van der Waals surface area contributed by atoms with Crippen molar-refractivity contribution in [2.45, 2.75) is 56.2 Å². The molecule has 1 aromatic heterocycles. The molecular weight excluding hydrogens is 650 g/mol. The van der Waals surface area contributed by atoms with E-state index >= 15 is 0 Å². The summed E-state index contributed by atoms with van der Waals surface area (Å²) >= 11 is 1.33. The van der Waals surface area contributed by atoms with Crippen molar-refractivity contribution in [1.82, 2.24) is 10.3 Å². The zero-order valence-corrected chi connectivity index (χ0v) is 24.5. The second kappa shape index (κ2) is 17.3. The number of nitrogens with two attached hydrogens (primary N) is 1. The number of para-hydroxylation sites is 1. The number of nitrogens with zero attached hydrogens (tertiary/aromatic N) is 1. The van der Waals surface area contributed by atoms with Gasteiger partial charge in [-0.3, -0.25) is 4.79 Å². The summed E-state index contributed by atoms with van der Waals surface area (Å²) in [6.07, 6.45) is -7.72. The molecule has 1 amide bonds. The van der Waals surface area contributed by atoms with Gasteiger partial charge >= 0.3 is 24.3 Å². The van der Waals surface area contributed by atoms with Gasteiger partial charge in [0.2, 0.25) is 5.91 Å². The number of nitrogen functional groups attached to an aromatic ring is 1. The highest BCUT2D eigenvalue weighted by Gasteiger charge is 2.39. The number of rotatable bonds is 9. The van der Waals surface area contributed by atoms with Gasteiger partial charge in [0.05, 0.1) is 12.1 Å². The van der Waals surface area contributed by atoms with Crippen LogP contribution in [0.4, 0.5) is 37.2 Å². The molecule has 46 heavy (non-hydrogen) atoms. The first-order valence-electron chi connectivity index (χ1n) is 13.2. The Labute approximate surface area is 262 Å². The lowest BCUT2D eigenvalue weighted by molar-refractivity contribution is -0.193. The Morgan fingerprint density at radius 1 is 0.978 bits per heavy atom. The number of aliphatic hydroxyl groups excluding tert-OH is 1. The van der Waals surface area contributed by atoms with Crippen LogP contribution in [0.2, 0.25) is 0 Å². The van der Waals surface area contributed by atoms with Crippen LogP contribution < -0.4 is 21.1 Å². The third-order valence-corrected chi connectivity index (χ3v) is 6.74. The molecule has 0 radical (unpaired) electrons. The molecule has 2 heterocycles. The second-order valence-corrected chi connectivity index (χ2v) is 10.5. The molecule has 1 aliphatic rings. The van der Waals surface area contributed by atoms with E-state index < -0.39 is 30.4 Å². The molecule has 1 aliphatic heterocycles. The van der Waals surface area contributed by atoms with Crippen molar-refractivity contribution in [3.8, 4) is 5.75 Å². The number of amides is 1. The van der Waals surface area contributed by atoms with Crippen LogP contribution in [0.5, 0.6) is 5.75 Å². The third-order valence-electron chi connectivity index (χ3n) is 6.02. The molecule has 2 aromatic carbocycles. The second-order valence-electron chi connectivity index (χ2n) is 9.65. The number of carboxylic acid groups (broad SMARTS) is 2. The Balaban J connectivity index is 0.000000440. The molecule has 0 unspecified atom stereocenters. The lowest BCUT2D eigenvalue weighted by Gasteiger charge is -2.20. The zero-order chi connectivity index (χ0) is 34.5. The van der Waals surface area contributed by atoms with Crippen LogP contribution in [-0.4, -0.2) is 75.3 Å². The van der Waals surface area contributed by atoms with Crippen molar-refractivity contribution in [2.24, 2.45) is 0 Å². The molecule has 3 atom stereocenters. The fourth-order valence-corrected chi connectivity index (χ4v) is 4.47. The predicted octanol–water partition coefficient (Wildman–Crippen LogP) is 4.28. The van der Waals surface area contributed by atoms with Gasteiger partial charge < -0.3 is 36.4 Å². The monoisotopic (exact) mass is 680 g/mol. The Bertz CT molecular complexity index is 1380. The molecule has 1 saturated heterocycles. The smallest absolute Gasteiger partial charge is 0.490 e. The Morgan fingerprint density at radius 3 is 2.04 bits per heavy atom. The van der Waals surface area contributed by atoms with Crippen molar-refractivity contribution >= 4 is 40.0 Å². The largest absolute Gasteiger partial charge is 0.491 e. The number of hydrogen-bond acceptors (Lipinski definition) is 9. The van der Waals surface area contributed by atoms with Crippen LogP contribution in [0.15, 0.2) is 60.0 Å². The molecule has 7 N–H and O–H groups in total. The normalized spacial score (nSPS) is 16.6. The average molecular weight is 681 g/mol. The van der Waals surface area contributed by atoms with E-state index in [2.05, 4.69) is 15.6 Å². The molecule has 1 fully saturated rings. The van der Waals surface area contributed by atoms with Crippen molar-refractivity contribution in [2.75, 3.05) is 17.7 Å². The Hall–Kier alpha value is -4.42. The van der Waals surface area contributed by atoms with Crippen LogP contribution in [0.1, 0.15) is 24.1 Å². The number of carbonyl (C=O) groups is 3. The first kappa shape index (κ1) is 37.8. The summed E-state index contributed by atoms with van der Waals surface area (Å²) in [6, 6.07) is 17.8. The van der Waals surface area contributed by atoms with Crippen LogP contribution in [0.25, 0.3) is 0 Å². The van der Waals surface area contributed by atoms with Gasteiger partial charge in [0, 0.05) is 23.2 Å². The number of hydrogen-bond donors (Lipinski definition) is 6. The summed E-state index contributed by atoms with van der Waals surface area (Å²) in [5.74, 6) is -4.86. The number of aliphatic hydroxyl groups is 1. The number of benzene rings is 2. The van der Waals surface area contributed by atoms with E-state index in [9.17, 15) is 36.2 Å². The number of alkyl halides is 6. The van der Waals surface area contributed by atoms with Crippen LogP contribution >= 0.6 is 11.3 Å². The number of ether oxygens (including phenoxy) is 1. The van der Waals surface area contributed by atoms with Crippen molar-refractivity contribution in [1.29, 1.82) is 0 Å². The summed E-state index contributed by atoms with van der Waals surface area (Å²) < 4.78 is 69.2. The van der Waals surface area contributed by atoms with Crippen LogP contribution in [0.3, 0.4) is 0 Å². The Kier molecular flexibility index (Phi) is 14.2. The lowest BCUT2D eigenvalue weighted by Crippen LogP contribution is -2.42. The minimum Gasteiger partial charge on any atom is -0.491 e. The number of thiazole rings is 1. The lowest BCUT2D eigenvalue weighted by atomic mass is 10.0. The molecule has 4 rings (SSSR count). The maximum atomic E-state index is 12.2. The minimum atomic E-state index is -5.08. The van der Waals surface area contributed by atoms with Crippen molar-refractivity contribution < 1.29 is 60.8 Å². The highest BCUT2D eigenvalue weighted by atomic mass is 32.1. The van der Waals surface area contributed by atoms with Crippen molar-refractivity contribution in [3.63, 3.8) is 0 Å².